The van der Waals surface area contributed by atoms with E-state index in [0.717, 1.165) is 34.2 Å². The zero-order valence-corrected chi connectivity index (χ0v) is 17.0. The molecule has 2 aromatic carbocycles. The van der Waals surface area contributed by atoms with Gasteiger partial charge in [-0.15, -0.1) is 0 Å². The molecule has 1 aliphatic heterocycles. The topological polar surface area (TPSA) is 55.8 Å². The van der Waals surface area contributed by atoms with Crippen molar-refractivity contribution in [2.75, 3.05) is 19.8 Å². The van der Waals surface area contributed by atoms with E-state index in [1.54, 1.807) is 6.08 Å². The molecule has 28 heavy (non-hydrogen) atoms. The number of imide groups is 1. The molecule has 0 atom stereocenters. The molecule has 0 bridgehead atoms. The van der Waals surface area contributed by atoms with Gasteiger partial charge >= 0.3 is 0 Å². The van der Waals surface area contributed by atoms with Gasteiger partial charge in [-0.25, -0.2) is 0 Å². The Kier molecular flexibility index (Phi) is 6.41. The molecule has 1 saturated heterocycles. The summed E-state index contributed by atoms with van der Waals surface area (Å²) in [5.41, 5.74) is 2.90. The lowest BCUT2D eigenvalue weighted by Crippen LogP contribution is -2.32. The summed E-state index contributed by atoms with van der Waals surface area (Å²) >= 11 is 0.943. The van der Waals surface area contributed by atoms with Crippen LogP contribution in [0.25, 0.3) is 6.08 Å². The number of ether oxygens (including phenoxy) is 2. The molecule has 1 aliphatic rings. The third-order valence-electron chi connectivity index (χ3n) is 4.30. The van der Waals surface area contributed by atoms with Gasteiger partial charge in [0.25, 0.3) is 11.1 Å². The van der Waals surface area contributed by atoms with E-state index in [-0.39, 0.29) is 24.3 Å². The quantitative estimate of drug-likeness (QED) is 0.627. The monoisotopic (exact) mass is 397 g/mol. The maximum absolute atomic E-state index is 12.7. The first kappa shape index (κ1) is 20.0. The summed E-state index contributed by atoms with van der Waals surface area (Å²) in [5, 5.41) is -0.283. The molecule has 2 amide bonds. The van der Waals surface area contributed by atoms with Gasteiger partial charge in [0.05, 0.1) is 18.1 Å². The molecule has 0 saturated carbocycles. The van der Waals surface area contributed by atoms with Crippen LogP contribution in [0.3, 0.4) is 0 Å². The molecule has 0 spiro atoms. The molecule has 5 nitrogen and oxygen atoms in total. The van der Waals surface area contributed by atoms with Gasteiger partial charge in [0.1, 0.15) is 18.1 Å². The number of carbonyl (C=O) groups is 2. The van der Waals surface area contributed by atoms with Crippen LogP contribution in [0.2, 0.25) is 0 Å². The summed E-state index contributed by atoms with van der Waals surface area (Å²) in [7, 11) is 0. The van der Waals surface area contributed by atoms with Gasteiger partial charge in [-0.2, -0.15) is 0 Å². The number of nitrogens with zero attached hydrogens (tertiary/aromatic N) is 1. The Bertz CT molecular complexity index is 923. The SMILES string of the molecule is CCOc1ccccc1/C=C1\SC(=O)N(CCOc2cc(C)ccc2C)C1=O. The molecule has 3 rings (SSSR count). The van der Waals surface area contributed by atoms with Gasteiger partial charge in [0.15, 0.2) is 0 Å². The van der Waals surface area contributed by atoms with Gasteiger partial charge in [-0.1, -0.05) is 30.3 Å². The first-order valence-electron chi connectivity index (χ1n) is 9.17. The van der Waals surface area contributed by atoms with Crippen molar-refractivity contribution < 1.29 is 19.1 Å². The van der Waals surface area contributed by atoms with Crippen molar-refractivity contribution in [1.29, 1.82) is 0 Å². The smallest absolute Gasteiger partial charge is 0.293 e. The lowest BCUT2D eigenvalue weighted by Gasteiger charge is -2.14. The molecule has 0 aromatic heterocycles. The first-order chi connectivity index (χ1) is 13.5. The Labute approximate surface area is 169 Å². The van der Waals surface area contributed by atoms with Crippen LogP contribution in [-0.4, -0.2) is 35.8 Å². The van der Waals surface area contributed by atoms with E-state index in [2.05, 4.69) is 0 Å². The Balaban J connectivity index is 1.67. The average molecular weight is 397 g/mol. The minimum atomic E-state index is -0.300. The highest BCUT2D eigenvalue weighted by Gasteiger charge is 2.35. The Morgan fingerprint density at radius 1 is 1.04 bits per heavy atom. The Hall–Kier alpha value is -2.73. The molecule has 0 N–H and O–H groups in total. The average Bonchev–Trinajstić information content (AvgIpc) is 2.93. The molecular weight excluding hydrogens is 374 g/mol. The summed E-state index contributed by atoms with van der Waals surface area (Å²) in [6.45, 7) is 6.86. The van der Waals surface area contributed by atoms with Crippen molar-refractivity contribution in [3.05, 3.63) is 64.1 Å². The Morgan fingerprint density at radius 3 is 2.61 bits per heavy atom. The number of amides is 2. The van der Waals surface area contributed by atoms with Crippen LogP contribution in [0, 0.1) is 13.8 Å². The molecule has 1 fully saturated rings. The highest BCUT2D eigenvalue weighted by Crippen LogP contribution is 2.34. The summed E-state index contributed by atoms with van der Waals surface area (Å²) in [6, 6.07) is 13.4. The molecule has 6 heteroatoms. The highest BCUT2D eigenvalue weighted by molar-refractivity contribution is 8.18. The number of thioether (sulfide) groups is 1. The largest absolute Gasteiger partial charge is 0.493 e. The van der Waals surface area contributed by atoms with Crippen molar-refractivity contribution in [3.8, 4) is 11.5 Å². The van der Waals surface area contributed by atoms with Gasteiger partial charge in [0, 0.05) is 5.56 Å². The van der Waals surface area contributed by atoms with Crippen molar-refractivity contribution in [2.24, 2.45) is 0 Å². The fraction of sp³-hybridized carbons (Fsp3) is 0.273. The predicted octanol–water partition coefficient (Wildman–Crippen LogP) is 4.82. The zero-order valence-electron chi connectivity index (χ0n) is 16.2. The number of para-hydroxylation sites is 1. The summed E-state index contributed by atoms with van der Waals surface area (Å²) in [5.74, 6) is 1.16. The summed E-state index contributed by atoms with van der Waals surface area (Å²) in [4.78, 5) is 26.6. The minimum absolute atomic E-state index is 0.211. The van der Waals surface area contributed by atoms with Crippen molar-refractivity contribution >= 4 is 29.0 Å². The minimum Gasteiger partial charge on any atom is -0.493 e. The summed E-state index contributed by atoms with van der Waals surface area (Å²) in [6.07, 6.45) is 1.71. The van der Waals surface area contributed by atoms with Crippen LogP contribution in [0.5, 0.6) is 11.5 Å². The highest BCUT2D eigenvalue weighted by atomic mass is 32.2. The van der Waals surface area contributed by atoms with E-state index in [0.29, 0.717) is 17.3 Å². The maximum Gasteiger partial charge on any atom is 0.293 e. The predicted molar refractivity (Wildman–Crippen MR) is 112 cm³/mol. The van der Waals surface area contributed by atoms with Crippen LogP contribution in [-0.2, 0) is 4.79 Å². The van der Waals surface area contributed by atoms with Crippen LogP contribution < -0.4 is 9.47 Å². The van der Waals surface area contributed by atoms with E-state index in [1.807, 2.05) is 63.2 Å². The number of carbonyl (C=O) groups excluding carboxylic acids is 2. The number of hydrogen-bond donors (Lipinski definition) is 0. The standard InChI is InChI=1S/C22H23NO4S/c1-4-26-18-8-6-5-7-17(18)14-20-21(24)23(22(25)28-20)11-12-27-19-13-15(2)9-10-16(19)3/h5-10,13-14H,4,11-12H2,1-3H3/b20-14-. The fourth-order valence-electron chi connectivity index (χ4n) is 2.83. The number of aryl methyl sites for hydroxylation is 2. The number of benzene rings is 2. The summed E-state index contributed by atoms with van der Waals surface area (Å²) < 4.78 is 11.4. The third kappa shape index (κ3) is 4.57. The molecular formula is C22H23NO4S. The molecule has 0 unspecified atom stereocenters. The van der Waals surface area contributed by atoms with Gasteiger partial charge in [-0.05, 0) is 61.9 Å². The fourth-order valence-corrected chi connectivity index (χ4v) is 3.69. The molecule has 0 aliphatic carbocycles. The molecule has 146 valence electrons. The Morgan fingerprint density at radius 2 is 1.82 bits per heavy atom. The second-order valence-electron chi connectivity index (χ2n) is 6.42. The van der Waals surface area contributed by atoms with Crippen LogP contribution in [0.4, 0.5) is 4.79 Å². The molecule has 1 heterocycles. The van der Waals surface area contributed by atoms with E-state index in [9.17, 15) is 9.59 Å². The zero-order chi connectivity index (χ0) is 20.1. The van der Waals surface area contributed by atoms with Crippen molar-refractivity contribution in [2.45, 2.75) is 20.8 Å². The lowest BCUT2D eigenvalue weighted by molar-refractivity contribution is -0.123. The molecule has 2 aromatic rings. The van der Waals surface area contributed by atoms with E-state index in [4.69, 9.17) is 9.47 Å². The van der Waals surface area contributed by atoms with Crippen LogP contribution in [0.15, 0.2) is 47.4 Å². The van der Waals surface area contributed by atoms with E-state index >= 15 is 0 Å². The normalized spacial score (nSPS) is 15.4. The maximum atomic E-state index is 12.7. The first-order valence-corrected chi connectivity index (χ1v) is 9.98. The second-order valence-corrected chi connectivity index (χ2v) is 7.41. The van der Waals surface area contributed by atoms with Crippen molar-refractivity contribution in [1.82, 2.24) is 4.90 Å². The molecule has 0 radical (unpaired) electrons. The van der Waals surface area contributed by atoms with Gasteiger partial charge < -0.3 is 9.47 Å². The number of rotatable bonds is 7. The van der Waals surface area contributed by atoms with Crippen LogP contribution >= 0.6 is 11.8 Å². The van der Waals surface area contributed by atoms with Crippen LogP contribution in [0.1, 0.15) is 23.6 Å². The second kappa shape index (κ2) is 8.97. The van der Waals surface area contributed by atoms with E-state index < -0.39 is 0 Å². The van der Waals surface area contributed by atoms with Gasteiger partial charge in [-0.3, -0.25) is 14.5 Å². The third-order valence-corrected chi connectivity index (χ3v) is 5.20. The van der Waals surface area contributed by atoms with Crippen molar-refractivity contribution in [3.63, 3.8) is 0 Å². The van der Waals surface area contributed by atoms with Gasteiger partial charge in [0.2, 0.25) is 0 Å². The number of hydrogen-bond acceptors (Lipinski definition) is 5. The lowest BCUT2D eigenvalue weighted by atomic mass is 10.1. The van der Waals surface area contributed by atoms with E-state index in [1.165, 1.54) is 4.90 Å².